The monoisotopic (exact) mass is 301 g/mol. The number of rotatable bonds is 4. The van der Waals surface area contributed by atoms with Gasteiger partial charge in [-0.15, -0.1) is 0 Å². The predicted molar refractivity (Wildman–Crippen MR) is 79.6 cm³/mol. The summed E-state index contributed by atoms with van der Waals surface area (Å²) in [4.78, 5) is 21.5. The summed E-state index contributed by atoms with van der Waals surface area (Å²) in [5.41, 5.74) is 6.48. The smallest absolute Gasteiger partial charge is 0.315 e. The van der Waals surface area contributed by atoms with Crippen LogP contribution in [-0.2, 0) is 24.4 Å². The first-order valence-corrected chi connectivity index (χ1v) is 7.23. The second-order valence-electron chi connectivity index (χ2n) is 5.46. The topological polar surface area (TPSA) is 86.3 Å². The number of aromatic nitrogens is 3. The van der Waals surface area contributed by atoms with E-state index in [9.17, 15) is 4.79 Å². The van der Waals surface area contributed by atoms with E-state index >= 15 is 0 Å². The molecule has 2 aromatic heterocycles. The van der Waals surface area contributed by atoms with Crippen molar-refractivity contribution in [3.63, 3.8) is 0 Å². The van der Waals surface area contributed by atoms with Crippen LogP contribution >= 0.6 is 0 Å². The van der Waals surface area contributed by atoms with Crippen molar-refractivity contribution in [1.82, 2.24) is 19.4 Å². The summed E-state index contributed by atoms with van der Waals surface area (Å²) in [6, 6.07) is 3.44. The van der Waals surface area contributed by atoms with E-state index in [4.69, 9.17) is 10.5 Å². The maximum absolute atomic E-state index is 11.5. The first-order chi connectivity index (χ1) is 10.7. The van der Waals surface area contributed by atoms with Gasteiger partial charge in [0.2, 0.25) is 0 Å². The molecule has 22 heavy (non-hydrogen) atoms. The Morgan fingerprint density at radius 3 is 3.09 bits per heavy atom. The van der Waals surface area contributed by atoms with Gasteiger partial charge in [-0.3, -0.25) is 4.98 Å². The molecule has 1 aliphatic heterocycles. The van der Waals surface area contributed by atoms with E-state index in [1.54, 1.807) is 23.5 Å². The first kappa shape index (κ1) is 14.5. The number of hydrogen-bond acceptors (Lipinski definition) is 4. The summed E-state index contributed by atoms with van der Waals surface area (Å²) in [6.07, 6.45) is 7.19. The van der Waals surface area contributed by atoms with E-state index in [1.165, 1.54) is 0 Å². The predicted octanol–water partition coefficient (Wildman–Crippen LogP) is 1.01. The summed E-state index contributed by atoms with van der Waals surface area (Å²) in [6.45, 7) is 2.85. The van der Waals surface area contributed by atoms with Crippen LogP contribution in [0.2, 0.25) is 0 Å². The molecule has 0 aliphatic carbocycles. The summed E-state index contributed by atoms with van der Waals surface area (Å²) >= 11 is 0. The molecule has 0 unspecified atom stereocenters. The number of urea groups is 1. The van der Waals surface area contributed by atoms with Crippen molar-refractivity contribution in [1.29, 1.82) is 0 Å². The number of amides is 2. The number of nitrogens with two attached hydrogens (primary N) is 1. The fraction of sp³-hybridized carbons (Fsp3) is 0.400. The highest BCUT2D eigenvalue weighted by Gasteiger charge is 2.24. The van der Waals surface area contributed by atoms with Crippen LogP contribution in [0.1, 0.15) is 11.4 Å². The fourth-order valence-corrected chi connectivity index (χ4v) is 2.64. The van der Waals surface area contributed by atoms with Gasteiger partial charge in [-0.2, -0.15) is 0 Å². The minimum Gasteiger partial charge on any atom is -0.376 e. The fourth-order valence-electron chi connectivity index (χ4n) is 2.64. The van der Waals surface area contributed by atoms with Crippen LogP contribution in [0.25, 0.3) is 0 Å². The summed E-state index contributed by atoms with van der Waals surface area (Å²) < 4.78 is 7.84. The molecule has 0 saturated carbocycles. The molecule has 0 spiro atoms. The largest absolute Gasteiger partial charge is 0.376 e. The lowest BCUT2D eigenvalue weighted by Crippen LogP contribution is -2.38. The molecule has 2 N–H and O–H groups in total. The molecule has 0 saturated heterocycles. The van der Waals surface area contributed by atoms with Crippen LogP contribution in [0, 0.1) is 5.92 Å². The molecule has 0 radical (unpaired) electrons. The number of imidazole rings is 1. The van der Waals surface area contributed by atoms with Crippen molar-refractivity contribution in [3.05, 3.63) is 48.3 Å². The van der Waals surface area contributed by atoms with Crippen LogP contribution in [-0.4, -0.2) is 38.6 Å². The van der Waals surface area contributed by atoms with Crippen molar-refractivity contribution >= 4 is 6.03 Å². The molecule has 3 rings (SSSR count). The Labute approximate surface area is 128 Å². The number of carbonyl (C=O) groups excluding carboxylic acids is 1. The van der Waals surface area contributed by atoms with E-state index in [0.29, 0.717) is 26.3 Å². The lowest BCUT2D eigenvalue weighted by molar-refractivity contribution is 0.0724. The molecule has 7 heteroatoms. The number of pyridine rings is 1. The van der Waals surface area contributed by atoms with Crippen molar-refractivity contribution in [2.45, 2.75) is 19.7 Å². The average molecular weight is 301 g/mol. The zero-order chi connectivity index (χ0) is 15.4. The zero-order valence-electron chi connectivity index (χ0n) is 12.3. The summed E-state index contributed by atoms with van der Waals surface area (Å²) in [7, 11) is 0. The highest BCUT2D eigenvalue weighted by molar-refractivity contribution is 5.71. The van der Waals surface area contributed by atoms with Gasteiger partial charge in [0.1, 0.15) is 5.82 Å². The van der Waals surface area contributed by atoms with Crippen molar-refractivity contribution in [2.75, 3.05) is 13.2 Å². The van der Waals surface area contributed by atoms with Crippen molar-refractivity contribution < 1.29 is 9.53 Å². The molecule has 2 aromatic rings. The Bertz CT molecular complexity index is 628. The number of nitrogens with zero attached hydrogens (tertiary/aromatic N) is 4. The maximum atomic E-state index is 11.5. The Kier molecular flexibility index (Phi) is 4.34. The van der Waals surface area contributed by atoms with Crippen LogP contribution in [0.5, 0.6) is 0 Å². The van der Waals surface area contributed by atoms with Gasteiger partial charge in [-0.1, -0.05) is 6.07 Å². The van der Waals surface area contributed by atoms with Crippen molar-refractivity contribution in [3.8, 4) is 0 Å². The van der Waals surface area contributed by atoms with Gasteiger partial charge in [-0.05, 0) is 11.6 Å². The molecule has 0 aromatic carbocycles. The highest BCUT2D eigenvalue weighted by Crippen LogP contribution is 2.16. The highest BCUT2D eigenvalue weighted by atomic mass is 16.5. The average Bonchev–Trinajstić information content (AvgIpc) is 2.87. The Morgan fingerprint density at radius 1 is 1.41 bits per heavy atom. The summed E-state index contributed by atoms with van der Waals surface area (Å²) in [5.74, 6) is 1.04. The third kappa shape index (κ3) is 3.43. The molecule has 0 bridgehead atoms. The van der Waals surface area contributed by atoms with Gasteiger partial charge in [-0.25, -0.2) is 9.78 Å². The first-order valence-electron chi connectivity index (χ1n) is 7.23. The molecule has 116 valence electrons. The summed E-state index contributed by atoms with van der Waals surface area (Å²) in [5, 5.41) is 0. The van der Waals surface area contributed by atoms with Gasteiger partial charge in [0.25, 0.3) is 0 Å². The Hall–Kier alpha value is -2.41. The SMILES string of the molecule is NC(=O)N1Cc2nccn2C[C@@H](COCc2cccnc2)C1. The molecular formula is C15H19N5O2. The second kappa shape index (κ2) is 6.57. The molecule has 0 fully saturated rings. The van der Waals surface area contributed by atoms with Crippen LogP contribution in [0.15, 0.2) is 36.9 Å². The quantitative estimate of drug-likeness (QED) is 0.913. The van der Waals surface area contributed by atoms with Gasteiger partial charge in [0.15, 0.2) is 0 Å². The molecule has 2 amide bonds. The molecule has 1 atom stereocenters. The third-order valence-corrected chi connectivity index (χ3v) is 3.72. The minimum absolute atomic E-state index is 0.180. The number of hydrogen-bond donors (Lipinski definition) is 1. The minimum atomic E-state index is -0.422. The number of primary amides is 1. The Balaban J connectivity index is 1.61. The lowest BCUT2D eigenvalue weighted by Gasteiger charge is -2.22. The van der Waals surface area contributed by atoms with E-state index in [2.05, 4.69) is 14.5 Å². The molecule has 3 heterocycles. The molecule has 1 aliphatic rings. The van der Waals surface area contributed by atoms with Gasteiger partial charge >= 0.3 is 6.03 Å². The number of fused-ring (bicyclic) bond motifs is 1. The van der Waals surface area contributed by atoms with Gasteiger partial charge < -0.3 is 19.9 Å². The zero-order valence-corrected chi connectivity index (χ0v) is 12.3. The maximum Gasteiger partial charge on any atom is 0.315 e. The normalized spacial score (nSPS) is 17.8. The van der Waals surface area contributed by atoms with E-state index in [0.717, 1.165) is 17.9 Å². The van der Waals surface area contributed by atoms with Crippen LogP contribution < -0.4 is 5.73 Å². The van der Waals surface area contributed by atoms with Crippen molar-refractivity contribution in [2.24, 2.45) is 11.7 Å². The van der Waals surface area contributed by atoms with E-state index in [-0.39, 0.29) is 5.92 Å². The molecule has 7 nitrogen and oxygen atoms in total. The lowest BCUT2D eigenvalue weighted by atomic mass is 10.1. The molecular weight excluding hydrogens is 282 g/mol. The second-order valence-corrected chi connectivity index (χ2v) is 5.46. The number of carbonyl (C=O) groups is 1. The Morgan fingerprint density at radius 2 is 2.32 bits per heavy atom. The standard InChI is InChI=1S/C15H19N5O2/c16-15(21)20-8-13(7-19-5-4-18-14(19)9-20)11-22-10-12-2-1-3-17-6-12/h1-6,13H,7-11H2,(H2,16,21)/t13-/m1/s1. The van der Waals surface area contributed by atoms with E-state index in [1.807, 2.05) is 18.3 Å². The van der Waals surface area contributed by atoms with E-state index < -0.39 is 6.03 Å². The van der Waals surface area contributed by atoms with Gasteiger partial charge in [0.05, 0.1) is 19.8 Å². The van der Waals surface area contributed by atoms with Crippen LogP contribution in [0.3, 0.4) is 0 Å². The number of ether oxygens (including phenoxy) is 1. The van der Waals surface area contributed by atoms with Crippen LogP contribution in [0.4, 0.5) is 4.79 Å². The van der Waals surface area contributed by atoms with Gasteiger partial charge in [0, 0.05) is 43.8 Å². The third-order valence-electron chi connectivity index (χ3n) is 3.72.